The Bertz CT molecular complexity index is 1150. The number of hydrogen-bond acceptors (Lipinski definition) is 4. The minimum Gasteiger partial charge on any atom is -0.348 e. The number of benzene rings is 2. The molecule has 2 aromatic carbocycles. The van der Waals surface area contributed by atoms with Gasteiger partial charge in [-0.1, -0.05) is 24.3 Å². The molecule has 0 aliphatic rings. The fourth-order valence-electron chi connectivity index (χ4n) is 2.96. The largest absolute Gasteiger partial charge is 0.348 e. The number of aromatic nitrogens is 2. The maximum absolute atomic E-state index is 12.6. The Morgan fingerprint density at radius 2 is 1.52 bits per heavy atom. The second-order valence-corrected chi connectivity index (χ2v) is 6.46. The van der Waals surface area contributed by atoms with Crippen molar-refractivity contribution >= 4 is 28.4 Å². The van der Waals surface area contributed by atoms with Crippen molar-refractivity contribution in [1.29, 1.82) is 0 Å². The standard InChI is InChI=1S/C23H18N4O2/c28-22(26-15-16-4-2-12-24-14-16)18-8-10-19(11-9-18)23(29)27-20-7-1-5-17-6-3-13-25-21(17)20/h1-14H,15H2,(H,26,28)(H,27,29). The number of rotatable bonds is 5. The van der Waals surface area contributed by atoms with Crippen molar-refractivity contribution in [3.05, 3.63) is 102 Å². The first-order valence-electron chi connectivity index (χ1n) is 9.13. The van der Waals surface area contributed by atoms with E-state index < -0.39 is 0 Å². The quantitative estimate of drug-likeness (QED) is 0.550. The van der Waals surface area contributed by atoms with Crippen LogP contribution in [0.2, 0.25) is 0 Å². The number of nitrogens with one attached hydrogen (secondary N) is 2. The van der Waals surface area contributed by atoms with Gasteiger partial charge in [-0.15, -0.1) is 0 Å². The van der Waals surface area contributed by atoms with Crippen molar-refractivity contribution in [2.45, 2.75) is 6.54 Å². The summed E-state index contributed by atoms with van der Waals surface area (Å²) in [4.78, 5) is 33.3. The molecule has 0 aliphatic carbocycles. The monoisotopic (exact) mass is 382 g/mol. The van der Waals surface area contributed by atoms with Gasteiger partial charge in [-0.2, -0.15) is 0 Å². The molecule has 0 radical (unpaired) electrons. The number of nitrogens with zero attached hydrogens (tertiary/aromatic N) is 2. The first-order chi connectivity index (χ1) is 14.2. The maximum atomic E-state index is 12.6. The smallest absolute Gasteiger partial charge is 0.255 e. The van der Waals surface area contributed by atoms with Crippen LogP contribution in [0.1, 0.15) is 26.3 Å². The number of anilines is 1. The van der Waals surface area contributed by atoms with E-state index in [9.17, 15) is 9.59 Å². The molecule has 0 unspecified atom stereocenters. The number of carbonyl (C=O) groups is 2. The van der Waals surface area contributed by atoms with Crippen molar-refractivity contribution in [1.82, 2.24) is 15.3 Å². The highest BCUT2D eigenvalue weighted by molar-refractivity contribution is 6.08. The van der Waals surface area contributed by atoms with Gasteiger partial charge in [0, 0.05) is 41.6 Å². The zero-order chi connectivity index (χ0) is 20.1. The molecule has 0 fully saturated rings. The minimum atomic E-state index is -0.259. The Balaban J connectivity index is 1.43. The molecule has 0 atom stereocenters. The highest BCUT2D eigenvalue weighted by atomic mass is 16.2. The summed E-state index contributed by atoms with van der Waals surface area (Å²) in [7, 11) is 0. The van der Waals surface area contributed by atoms with Crippen LogP contribution in [0.15, 0.2) is 85.3 Å². The van der Waals surface area contributed by atoms with Gasteiger partial charge in [0.05, 0.1) is 11.2 Å². The van der Waals surface area contributed by atoms with Gasteiger partial charge in [0.2, 0.25) is 0 Å². The zero-order valence-corrected chi connectivity index (χ0v) is 15.5. The summed E-state index contributed by atoms with van der Waals surface area (Å²) in [5.41, 5.74) is 3.24. The number of para-hydroxylation sites is 1. The SMILES string of the molecule is O=C(NCc1cccnc1)c1ccc(C(=O)Nc2cccc3cccnc23)cc1. The van der Waals surface area contributed by atoms with E-state index in [0.29, 0.717) is 23.4 Å². The summed E-state index contributed by atoms with van der Waals surface area (Å²) in [6.07, 6.45) is 5.08. The molecule has 6 heteroatoms. The Labute approximate surface area is 167 Å². The molecule has 2 N–H and O–H groups in total. The molecular formula is C23H18N4O2. The Morgan fingerprint density at radius 3 is 2.28 bits per heavy atom. The minimum absolute atomic E-state index is 0.209. The van der Waals surface area contributed by atoms with Crippen LogP contribution >= 0.6 is 0 Å². The summed E-state index contributed by atoms with van der Waals surface area (Å²) < 4.78 is 0. The zero-order valence-electron chi connectivity index (χ0n) is 15.5. The van der Waals surface area contributed by atoms with Gasteiger partial charge in [0.25, 0.3) is 11.8 Å². The highest BCUT2D eigenvalue weighted by Gasteiger charge is 2.11. The van der Waals surface area contributed by atoms with Crippen LogP contribution in [0.3, 0.4) is 0 Å². The van der Waals surface area contributed by atoms with E-state index in [1.165, 1.54) is 0 Å². The molecule has 0 saturated carbocycles. The summed E-state index contributed by atoms with van der Waals surface area (Å²) in [5, 5.41) is 6.67. The Kier molecular flexibility index (Phi) is 5.25. The first-order valence-corrected chi connectivity index (χ1v) is 9.13. The van der Waals surface area contributed by atoms with E-state index >= 15 is 0 Å². The molecule has 2 heterocycles. The van der Waals surface area contributed by atoms with Gasteiger partial charge in [0.15, 0.2) is 0 Å². The van der Waals surface area contributed by atoms with Crippen molar-refractivity contribution in [3.8, 4) is 0 Å². The van der Waals surface area contributed by atoms with Crippen LogP contribution in [-0.2, 0) is 6.54 Å². The fourth-order valence-corrected chi connectivity index (χ4v) is 2.96. The van der Waals surface area contributed by atoms with Crippen molar-refractivity contribution in [3.63, 3.8) is 0 Å². The van der Waals surface area contributed by atoms with Gasteiger partial charge in [-0.05, 0) is 48.0 Å². The summed E-state index contributed by atoms with van der Waals surface area (Å²) >= 11 is 0. The lowest BCUT2D eigenvalue weighted by Crippen LogP contribution is -2.23. The molecule has 142 valence electrons. The predicted molar refractivity (Wildman–Crippen MR) is 112 cm³/mol. The number of carbonyl (C=O) groups excluding carboxylic acids is 2. The molecule has 0 bridgehead atoms. The first kappa shape index (κ1) is 18.3. The normalized spacial score (nSPS) is 10.5. The van der Waals surface area contributed by atoms with E-state index in [1.54, 1.807) is 42.9 Å². The lowest BCUT2D eigenvalue weighted by Gasteiger charge is -2.09. The lowest BCUT2D eigenvalue weighted by molar-refractivity contribution is 0.0949. The van der Waals surface area contributed by atoms with Gasteiger partial charge < -0.3 is 10.6 Å². The average Bonchev–Trinajstić information content (AvgIpc) is 2.78. The van der Waals surface area contributed by atoms with Crippen LogP contribution in [0.5, 0.6) is 0 Å². The molecule has 4 aromatic rings. The van der Waals surface area contributed by atoms with Crippen LogP contribution in [0.4, 0.5) is 5.69 Å². The van der Waals surface area contributed by atoms with Gasteiger partial charge in [-0.3, -0.25) is 19.6 Å². The molecule has 2 amide bonds. The van der Waals surface area contributed by atoms with Crippen LogP contribution in [0.25, 0.3) is 10.9 Å². The molecule has 29 heavy (non-hydrogen) atoms. The highest BCUT2D eigenvalue weighted by Crippen LogP contribution is 2.21. The molecule has 4 rings (SSSR count). The predicted octanol–water partition coefficient (Wildman–Crippen LogP) is 3.81. The third-order valence-electron chi connectivity index (χ3n) is 4.47. The second kappa shape index (κ2) is 8.31. The van der Waals surface area contributed by atoms with Crippen molar-refractivity contribution < 1.29 is 9.59 Å². The average molecular weight is 382 g/mol. The van der Waals surface area contributed by atoms with E-state index in [4.69, 9.17) is 0 Å². The van der Waals surface area contributed by atoms with Crippen LogP contribution in [-0.4, -0.2) is 21.8 Å². The molecule has 6 nitrogen and oxygen atoms in total. The van der Waals surface area contributed by atoms with E-state index in [1.807, 2.05) is 42.5 Å². The number of pyridine rings is 2. The van der Waals surface area contributed by atoms with E-state index in [2.05, 4.69) is 20.6 Å². The number of hydrogen-bond donors (Lipinski definition) is 2. The maximum Gasteiger partial charge on any atom is 0.255 e. The Morgan fingerprint density at radius 1 is 0.793 bits per heavy atom. The van der Waals surface area contributed by atoms with Gasteiger partial charge in [-0.25, -0.2) is 0 Å². The molecular weight excluding hydrogens is 364 g/mol. The fraction of sp³-hybridized carbons (Fsp3) is 0.0435. The van der Waals surface area contributed by atoms with E-state index in [-0.39, 0.29) is 11.8 Å². The van der Waals surface area contributed by atoms with Crippen LogP contribution < -0.4 is 10.6 Å². The van der Waals surface area contributed by atoms with Gasteiger partial charge in [0.1, 0.15) is 0 Å². The third-order valence-corrected chi connectivity index (χ3v) is 4.47. The van der Waals surface area contributed by atoms with Crippen molar-refractivity contribution in [2.75, 3.05) is 5.32 Å². The Hall–Kier alpha value is -4.06. The number of amides is 2. The van der Waals surface area contributed by atoms with Crippen LogP contribution in [0, 0.1) is 0 Å². The van der Waals surface area contributed by atoms with Gasteiger partial charge >= 0.3 is 0 Å². The second-order valence-electron chi connectivity index (χ2n) is 6.46. The molecule has 2 aromatic heterocycles. The summed E-state index contributed by atoms with van der Waals surface area (Å²) in [6, 6.07) is 19.7. The van der Waals surface area contributed by atoms with E-state index in [0.717, 1.165) is 16.5 Å². The molecule has 0 spiro atoms. The number of fused-ring (bicyclic) bond motifs is 1. The van der Waals surface area contributed by atoms with Crippen molar-refractivity contribution in [2.24, 2.45) is 0 Å². The lowest BCUT2D eigenvalue weighted by atomic mass is 10.1. The topological polar surface area (TPSA) is 84.0 Å². The third kappa shape index (κ3) is 4.27. The molecule has 0 saturated heterocycles. The molecule has 0 aliphatic heterocycles. The summed E-state index contributed by atoms with van der Waals surface area (Å²) in [5.74, 6) is -0.468. The summed E-state index contributed by atoms with van der Waals surface area (Å²) in [6.45, 7) is 0.392.